The Morgan fingerprint density at radius 2 is 1.87 bits per heavy atom. The number of benzene rings is 1. The van der Waals surface area contributed by atoms with Gasteiger partial charge in [0, 0.05) is 18.3 Å². The maximum absolute atomic E-state index is 12.2. The Labute approximate surface area is 132 Å². The Hall–Kier alpha value is -2.96. The Morgan fingerprint density at radius 3 is 2.48 bits per heavy atom. The summed E-state index contributed by atoms with van der Waals surface area (Å²) in [6, 6.07) is 8.97. The van der Waals surface area contributed by atoms with Gasteiger partial charge >= 0.3 is 5.97 Å². The van der Waals surface area contributed by atoms with Crippen LogP contribution < -0.4 is 10.9 Å². The maximum atomic E-state index is 12.2. The number of ether oxygens (including phenoxy) is 1. The van der Waals surface area contributed by atoms with Gasteiger partial charge in [-0.25, -0.2) is 9.48 Å². The molecule has 0 atom stereocenters. The molecular weight excluding hydrogens is 298 g/mol. The fourth-order valence-corrected chi connectivity index (χ4v) is 1.94. The SMILES string of the molecule is CCCn1nc(C(=O)Nc2ccc(C(=O)OC)cc2)ccc1=O. The lowest BCUT2D eigenvalue weighted by atomic mass is 10.2. The Kier molecular flexibility index (Phi) is 5.24. The van der Waals surface area contributed by atoms with Gasteiger partial charge in [-0.3, -0.25) is 9.59 Å². The predicted molar refractivity (Wildman–Crippen MR) is 84.5 cm³/mol. The molecule has 1 aromatic carbocycles. The zero-order chi connectivity index (χ0) is 16.8. The van der Waals surface area contributed by atoms with Crippen LogP contribution in [0.3, 0.4) is 0 Å². The summed E-state index contributed by atoms with van der Waals surface area (Å²) in [5, 5.41) is 6.70. The summed E-state index contributed by atoms with van der Waals surface area (Å²) in [7, 11) is 1.30. The van der Waals surface area contributed by atoms with Crippen LogP contribution in [0, 0.1) is 0 Å². The van der Waals surface area contributed by atoms with Crippen molar-refractivity contribution in [1.82, 2.24) is 9.78 Å². The number of nitrogens with one attached hydrogen (secondary N) is 1. The molecule has 7 heteroatoms. The standard InChI is InChI=1S/C16H17N3O4/c1-3-10-19-14(20)9-8-13(18-19)15(21)17-12-6-4-11(5-7-12)16(22)23-2/h4-9H,3,10H2,1-2H3,(H,17,21). The highest BCUT2D eigenvalue weighted by Gasteiger charge is 2.11. The highest BCUT2D eigenvalue weighted by atomic mass is 16.5. The van der Waals surface area contributed by atoms with E-state index in [2.05, 4.69) is 15.2 Å². The first-order chi connectivity index (χ1) is 11.0. The van der Waals surface area contributed by atoms with E-state index in [1.165, 1.54) is 23.9 Å². The molecule has 1 amide bonds. The summed E-state index contributed by atoms with van der Waals surface area (Å²) >= 11 is 0. The summed E-state index contributed by atoms with van der Waals surface area (Å²) in [5.41, 5.74) is 0.804. The molecule has 2 aromatic rings. The second-order valence-corrected chi connectivity index (χ2v) is 4.80. The van der Waals surface area contributed by atoms with Crippen LogP contribution in [0.2, 0.25) is 0 Å². The molecule has 0 spiro atoms. The van der Waals surface area contributed by atoms with Crippen molar-refractivity contribution in [2.75, 3.05) is 12.4 Å². The minimum absolute atomic E-state index is 0.148. The molecule has 0 unspecified atom stereocenters. The highest BCUT2D eigenvalue weighted by Crippen LogP contribution is 2.11. The van der Waals surface area contributed by atoms with Gasteiger partial charge in [0.05, 0.1) is 12.7 Å². The second-order valence-electron chi connectivity index (χ2n) is 4.80. The highest BCUT2D eigenvalue weighted by molar-refractivity contribution is 6.03. The lowest BCUT2D eigenvalue weighted by Crippen LogP contribution is -2.26. The van der Waals surface area contributed by atoms with Gasteiger partial charge in [-0.2, -0.15) is 5.10 Å². The number of hydrogen-bond donors (Lipinski definition) is 1. The van der Waals surface area contributed by atoms with E-state index in [1.54, 1.807) is 24.3 Å². The topological polar surface area (TPSA) is 90.3 Å². The molecule has 7 nitrogen and oxygen atoms in total. The quantitative estimate of drug-likeness (QED) is 0.848. The van der Waals surface area contributed by atoms with Crippen molar-refractivity contribution >= 4 is 17.6 Å². The Morgan fingerprint density at radius 1 is 1.17 bits per heavy atom. The zero-order valence-electron chi connectivity index (χ0n) is 12.9. The number of nitrogens with zero attached hydrogens (tertiary/aromatic N) is 2. The number of anilines is 1. The van der Waals surface area contributed by atoms with E-state index in [-0.39, 0.29) is 11.3 Å². The monoisotopic (exact) mass is 315 g/mol. The van der Waals surface area contributed by atoms with Crippen molar-refractivity contribution in [2.24, 2.45) is 0 Å². The number of carbonyl (C=O) groups is 2. The van der Waals surface area contributed by atoms with Crippen LogP contribution in [0.25, 0.3) is 0 Å². The summed E-state index contributed by atoms with van der Waals surface area (Å²) in [5.74, 6) is -0.878. The number of esters is 1. The molecule has 1 aromatic heterocycles. The van der Waals surface area contributed by atoms with Gasteiger partial charge in [0.1, 0.15) is 5.69 Å². The Bertz CT molecular complexity index is 766. The van der Waals surface area contributed by atoms with Crippen molar-refractivity contribution in [1.29, 1.82) is 0 Å². The fourth-order valence-electron chi connectivity index (χ4n) is 1.94. The molecule has 0 aliphatic carbocycles. The smallest absolute Gasteiger partial charge is 0.337 e. The van der Waals surface area contributed by atoms with E-state index >= 15 is 0 Å². The summed E-state index contributed by atoms with van der Waals surface area (Å²) < 4.78 is 5.86. The summed E-state index contributed by atoms with van der Waals surface area (Å²) in [6.45, 7) is 2.37. The van der Waals surface area contributed by atoms with Crippen molar-refractivity contribution in [3.05, 3.63) is 58.0 Å². The van der Waals surface area contributed by atoms with Crippen molar-refractivity contribution in [3.8, 4) is 0 Å². The molecule has 0 radical (unpaired) electrons. The number of rotatable bonds is 5. The van der Waals surface area contributed by atoms with Crippen molar-refractivity contribution < 1.29 is 14.3 Å². The largest absolute Gasteiger partial charge is 0.465 e. The molecule has 0 saturated heterocycles. The van der Waals surface area contributed by atoms with Crippen LogP contribution in [0.5, 0.6) is 0 Å². The molecule has 23 heavy (non-hydrogen) atoms. The third kappa shape index (κ3) is 4.03. The van der Waals surface area contributed by atoms with Crippen LogP contribution in [0.15, 0.2) is 41.2 Å². The number of aryl methyl sites for hydroxylation is 1. The normalized spacial score (nSPS) is 10.2. The minimum Gasteiger partial charge on any atom is -0.465 e. The third-order valence-electron chi connectivity index (χ3n) is 3.10. The lowest BCUT2D eigenvalue weighted by Gasteiger charge is -2.07. The van der Waals surface area contributed by atoms with Crippen molar-refractivity contribution in [2.45, 2.75) is 19.9 Å². The average molecular weight is 315 g/mol. The van der Waals surface area contributed by atoms with E-state index in [9.17, 15) is 14.4 Å². The van der Waals surface area contributed by atoms with Crippen LogP contribution in [0.1, 0.15) is 34.2 Å². The van der Waals surface area contributed by atoms with E-state index in [4.69, 9.17) is 0 Å². The molecule has 0 fully saturated rings. The van der Waals surface area contributed by atoms with Gasteiger partial charge in [-0.05, 0) is 36.8 Å². The first-order valence-electron chi connectivity index (χ1n) is 7.13. The zero-order valence-corrected chi connectivity index (χ0v) is 12.9. The number of amides is 1. The first-order valence-corrected chi connectivity index (χ1v) is 7.13. The van der Waals surface area contributed by atoms with Crippen molar-refractivity contribution in [3.63, 3.8) is 0 Å². The van der Waals surface area contributed by atoms with E-state index < -0.39 is 11.9 Å². The van der Waals surface area contributed by atoms with Crippen LogP contribution in [0.4, 0.5) is 5.69 Å². The van der Waals surface area contributed by atoms with Crippen LogP contribution >= 0.6 is 0 Å². The summed E-state index contributed by atoms with van der Waals surface area (Å²) in [6.07, 6.45) is 0.743. The Balaban J connectivity index is 2.14. The summed E-state index contributed by atoms with van der Waals surface area (Å²) in [4.78, 5) is 35.1. The van der Waals surface area contributed by atoms with Gasteiger partial charge in [-0.15, -0.1) is 0 Å². The molecular formula is C16H17N3O4. The molecule has 0 saturated carbocycles. The van der Waals surface area contributed by atoms with E-state index in [1.807, 2.05) is 6.92 Å². The van der Waals surface area contributed by atoms with Gasteiger partial charge in [-0.1, -0.05) is 6.92 Å². The van der Waals surface area contributed by atoms with Gasteiger partial charge in [0.15, 0.2) is 0 Å². The lowest BCUT2D eigenvalue weighted by molar-refractivity contribution is 0.0600. The van der Waals surface area contributed by atoms with Gasteiger partial charge < -0.3 is 10.1 Å². The van der Waals surface area contributed by atoms with Gasteiger partial charge in [0.2, 0.25) is 0 Å². The molecule has 0 aliphatic rings. The van der Waals surface area contributed by atoms with E-state index in [0.717, 1.165) is 6.42 Å². The predicted octanol–water partition coefficient (Wildman–Crippen LogP) is 1.69. The number of methoxy groups -OCH3 is 1. The first kappa shape index (κ1) is 16.4. The number of hydrogen-bond acceptors (Lipinski definition) is 5. The molecule has 120 valence electrons. The van der Waals surface area contributed by atoms with Gasteiger partial charge in [0.25, 0.3) is 11.5 Å². The molecule has 1 N–H and O–H groups in total. The fraction of sp³-hybridized carbons (Fsp3) is 0.250. The van der Waals surface area contributed by atoms with Crippen LogP contribution in [-0.2, 0) is 11.3 Å². The van der Waals surface area contributed by atoms with Crippen LogP contribution in [-0.4, -0.2) is 28.8 Å². The van der Waals surface area contributed by atoms with E-state index in [0.29, 0.717) is 17.8 Å². The molecule has 0 aliphatic heterocycles. The third-order valence-corrected chi connectivity index (χ3v) is 3.10. The second kappa shape index (κ2) is 7.35. The average Bonchev–Trinajstić information content (AvgIpc) is 2.57. The maximum Gasteiger partial charge on any atom is 0.337 e. The molecule has 2 rings (SSSR count). The number of aromatic nitrogens is 2. The molecule has 1 heterocycles. The molecule has 0 bridgehead atoms. The minimum atomic E-state index is -0.448. The number of carbonyl (C=O) groups excluding carboxylic acids is 2.